The molecule has 0 aromatic heterocycles. The lowest BCUT2D eigenvalue weighted by Crippen LogP contribution is -2.41. The zero-order chi connectivity index (χ0) is 27.1. The number of halogens is 2. The summed E-state index contributed by atoms with van der Waals surface area (Å²) in [6, 6.07) is 16.6. The van der Waals surface area contributed by atoms with Gasteiger partial charge in [0.1, 0.15) is 5.75 Å². The largest absolute Gasteiger partial charge is 0.454 e. The van der Waals surface area contributed by atoms with Crippen molar-refractivity contribution in [3.8, 4) is 11.5 Å². The Kier molecular flexibility index (Phi) is 9.11. The van der Waals surface area contributed by atoms with Crippen molar-refractivity contribution in [3.05, 3.63) is 82.3 Å². The van der Waals surface area contributed by atoms with Crippen LogP contribution in [0, 0.1) is 0 Å². The number of sulfonamides is 1. The molecule has 3 aromatic carbocycles. The third-order valence-electron chi connectivity index (χ3n) is 5.76. The number of amides is 2. The summed E-state index contributed by atoms with van der Waals surface area (Å²) in [5, 5.41) is 6.54. The summed E-state index contributed by atoms with van der Waals surface area (Å²) < 4.78 is 34.4. The zero-order valence-corrected chi connectivity index (χ0v) is 22.6. The van der Waals surface area contributed by atoms with Crippen LogP contribution in [0.15, 0.2) is 71.6 Å². The molecule has 2 amide bonds. The lowest BCUT2D eigenvalue weighted by atomic mass is 10.2. The number of anilines is 1. The van der Waals surface area contributed by atoms with Crippen molar-refractivity contribution in [2.75, 3.05) is 37.4 Å². The van der Waals surface area contributed by atoms with Crippen LogP contribution < -0.4 is 20.1 Å². The molecule has 38 heavy (non-hydrogen) atoms. The van der Waals surface area contributed by atoms with E-state index in [1.165, 1.54) is 30.3 Å². The molecule has 0 radical (unpaired) electrons. The Morgan fingerprint density at radius 2 is 1.71 bits per heavy atom. The van der Waals surface area contributed by atoms with Crippen LogP contribution in [0.1, 0.15) is 16.8 Å². The molecule has 9 nitrogen and oxygen atoms in total. The van der Waals surface area contributed by atoms with Crippen molar-refractivity contribution < 1.29 is 22.7 Å². The molecule has 0 bridgehead atoms. The highest BCUT2D eigenvalue weighted by Crippen LogP contribution is 2.35. The summed E-state index contributed by atoms with van der Waals surface area (Å²) in [5.41, 5.74) is 0.429. The number of carbonyl (C=O) groups is 2. The van der Waals surface area contributed by atoms with Crippen molar-refractivity contribution in [2.24, 2.45) is 0 Å². The number of ether oxygens (including phenoxy) is 1. The van der Waals surface area contributed by atoms with Gasteiger partial charge in [0.05, 0.1) is 22.2 Å². The van der Waals surface area contributed by atoms with Crippen LogP contribution in [0.3, 0.4) is 0 Å². The number of hydrogen-bond acceptors (Lipinski definition) is 6. The SMILES string of the molecule is O=C(NCC(=O)N1CCCNCC1)c1ccc(S(=O)(=O)Nc2ccccc2Oc2ccc(Cl)cc2Cl)cc1. The highest BCUT2D eigenvalue weighted by atomic mass is 35.5. The van der Waals surface area contributed by atoms with Crippen molar-refractivity contribution in [1.82, 2.24) is 15.5 Å². The van der Waals surface area contributed by atoms with Crippen LogP contribution >= 0.6 is 23.2 Å². The normalized spacial score (nSPS) is 13.9. The molecule has 1 aliphatic heterocycles. The second kappa shape index (κ2) is 12.5. The number of nitrogens with one attached hydrogen (secondary N) is 3. The quantitative estimate of drug-likeness (QED) is 0.371. The minimum Gasteiger partial charge on any atom is -0.454 e. The molecule has 4 rings (SSSR count). The molecular weight excluding hydrogens is 551 g/mol. The summed E-state index contributed by atoms with van der Waals surface area (Å²) in [5.74, 6) is -0.0850. The Balaban J connectivity index is 1.40. The Morgan fingerprint density at radius 3 is 2.47 bits per heavy atom. The Bertz CT molecular complexity index is 1410. The third kappa shape index (κ3) is 7.16. The summed E-state index contributed by atoms with van der Waals surface area (Å²) in [6.45, 7) is 2.68. The maximum absolute atomic E-state index is 13.1. The minimum absolute atomic E-state index is 0.0541. The van der Waals surface area contributed by atoms with E-state index in [-0.39, 0.29) is 39.4 Å². The van der Waals surface area contributed by atoms with E-state index in [2.05, 4.69) is 15.4 Å². The first-order chi connectivity index (χ1) is 18.2. The van der Waals surface area contributed by atoms with Gasteiger partial charge in [0.15, 0.2) is 5.75 Å². The molecule has 0 spiro atoms. The van der Waals surface area contributed by atoms with Crippen LogP contribution in [-0.2, 0) is 14.8 Å². The van der Waals surface area contributed by atoms with Gasteiger partial charge in [-0.25, -0.2) is 8.42 Å². The van der Waals surface area contributed by atoms with E-state index in [0.717, 1.165) is 19.5 Å². The fourth-order valence-corrected chi connectivity index (χ4v) is 5.29. The van der Waals surface area contributed by atoms with E-state index in [1.807, 2.05) is 0 Å². The van der Waals surface area contributed by atoms with Crippen LogP contribution in [0.25, 0.3) is 0 Å². The fourth-order valence-electron chi connectivity index (χ4n) is 3.77. The second-order valence-corrected chi connectivity index (χ2v) is 11.0. The predicted molar refractivity (Wildman–Crippen MR) is 147 cm³/mol. The average Bonchev–Trinajstić information content (AvgIpc) is 3.19. The zero-order valence-electron chi connectivity index (χ0n) is 20.2. The summed E-state index contributed by atoms with van der Waals surface area (Å²) >= 11 is 12.1. The number of carbonyl (C=O) groups excluding carboxylic acids is 2. The van der Waals surface area contributed by atoms with Crippen molar-refractivity contribution in [1.29, 1.82) is 0 Å². The third-order valence-corrected chi connectivity index (χ3v) is 7.68. The lowest BCUT2D eigenvalue weighted by molar-refractivity contribution is -0.129. The minimum atomic E-state index is -4.01. The lowest BCUT2D eigenvalue weighted by Gasteiger charge is -2.20. The molecule has 0 aliphatic carbocycles. The average molecular weight is 577 g/mol. The monoisotopic (exact) mass is 576 g/mol. The second-order valence-electron chi connectivity index (χ2n) is 8.47. The van der Waals surface area contributed by atoms with Gasteiger partial charge in [-0.15, -0.1) is 0 Å². The molecule has 200 valence electrons. The van der Waals surface area contributed by atoms with Crippen LogP contribution in [0.5, 0.6) is 11.5 Å². The van der Waals surface area contributed by atoms with Gasteiger partial charge in [-0.2, -0.15) is 0 Å². The molecule has 3 aromatic rings. The standard InChI is InChI=1S/C26H26Cl2N4O5S/c27-19-8-11-23(21(28)16-19)37-24-5-2-1-4-22(24)31-38(35,36)20-9-6-18(7-10-20)26(34)30-17-25(33)32-14-3-12-29-13-15-32/h1-2,4-11,16,29,31H,3,12-15,17H2,(H,30,34). The van der Waals surface area contributed by atoms with Gasteiger partial charge in [-0.3, -0.25) is 14.3 Å². The van der Waals surface area contributed by atoms with Crippen LogP contribution in [-0.4, -0.2) is 57.9 Å². The molecule has 3 N–H and O–H groups in total. The molecule has 0 unspecified atom stereocenters. The molecule has 0 atom stereocenters. The Labute approximate surface area is 231 Å². The summed E-state index contributed by atoms with van der Waals surface area (Å²) in [7, 11) is -4.01. The van der Waals surface area contributed by atoms with Crippen molar-refractivity contribution in [3.63, 3.8) is 0 Å². The maximum Gasteiger partial charge on any atom is 0.262 e. The topological polar surface area (TPSA) is 117 Å². The maximum atomic E-state index is 13.1. The molecular formula is C26H26Cl2N4O5S. The van der Waals surface area contributed by atoms with Gasteiger partial charge in [0.2, 0.25) is 5.91 Å². The van der Waals surface area contributed by atoms with Crippen molar-refractivity contribution in [2.45, 2.75) is 11.3 Å². The molecule has 12 heteroatoms. The summed E-state index contributed by atoms with van der Waals surface area (Å²) in [6.07, 6.45) is 0.856. The number of rotatable bonds is 8. The number of para-hydroxylation sites is 2. The Morgan fingerprint density at radius 1 is 0.947 bits per heavy atom. The van der Waals surface area contributed by atoms with Crippen LogP contribution in [0.4, 0.5) is 5.69 Å². The van der Waals surface area contributed by atoms with Crippen molar-refractivity contribution >= 4 is 50.7 Å². The van der Waals surface area contributed by atoms with E-state index in [4.69, 9.17) is 27.9 Å². The first kappa shape index (κ1) is 27.7. The first-order valence-electron chi connectivity index (χ1n) is 11.8. The van der Waals surface area contributed by atoms with Gasteiger partial charge in [0, 0.05) is 30.2 Å². The van der Waals surface area contributed by atoms with E-state index < -0.39 is 15.9 Å². The van der Waals surface area contributed by atoms with Gasteiger partial charge >= 0.3 is 0 Å². The molecule has 0 saturated carbocycles. The Hall–Kier alpha value is -3.31. The fraction of sp³-hybridized carbons (Fsp3) is 0.231. The van der Waals surface area contributed by atoms with E-state index in [0.29, 0.717) is 23.9 Å². The molecule has 1 aliphatic rings. The van der Waals surface area contributed by atoms with Crippen LogP contribution in [0.2, 0.25) is 10.0 Å². The molecule has 1 saturated heterocycles. The van der Waals surface area contributed by atoms with E-state index >= 15 is 0 Å². The number of hydrogen-bond donors (Lipinski definition) is 3. The van der Waals surface area contributed by atoms with Gasteiger partial charge in [-0.05, 0) is 67.6 Å². The summed E-state index contributed by atoms with van der Waals surface area (Å²) in [4.78, 5) is 26.6. The first-order valence-corrected chi connectivity index (χ1v) is 14.1. The smallest absolute Gasteiger partial charge is 0.262 e. The van der Waals surface area contributed by atoms with Gasteiger partial charge in [0.25, 0.3) is 15.9 Å². The van der Waals surface area contributed by atoms with E-state index in [1.54, 1.807) is 41.3 Å². The molecule has 1 fully saturated rings. The predicted octanol–water partition coefficient (Wildman–Crippen LogP) is 4.14. The van der Waals surface area contributed by atoms with Gasteiger partial charge in [-0.1, -0.05) is 35.3 Å². The van der Waals surface area contributed by atoms with Gasteiger partial charge < -0.3 is 20.3 Å². The van der Waals surface area contributed by atoms with E-state index in [9.17, 15) is 18.0 Å². The highest BCUT2D eigenvalue weighted by molar-refractivity contribution is 7.92. The molecule has 1 heterocycles. The number of benzene rings is 3. The highest BCUT2D eigenvalue weighted by Gasteiger charge is 2.19. The number of nitrogens with zero attached hydrogens (tertiary/aromatic N) is 1.